The van der Waals surface area contributed by atoms with E-state index in [1.165, 1.54) is 11.8 Å². The molecule has 0 bridgehead atoms. The zero-order valence-electron chi connectivity index (χ0n) is 10.8. The van der Waals surface area contributed by atoms with E-state index in [1.54, 1.807) is 6.07 Å². The summed E-state index contributed by atoms with van der Waals surface area (Å²) in [5.74, 6) is 1.34. The Morgan fingerprint density at radius 3 is 2.89 bits per heavy atom. The first-order chi connectivity index (χ1) is 8.52. The molecule has 0 radical (unpaired) electrons. The number of rotatable bonds is 6. The van der Waals surface area contributed by atoms with Crippen LogP contribution in [0.3, 0.4) is 0 Å². The van der Waals surface area contributed by atoms with E-state index in [0.29, 0.717) is 11.4 Å². The molecule has 0 saturated carbocycles. The molecule has 0 aliphatic carbocycles. The lowest BCUT2D eigenvalue weighted by atomic mass is 10.2. The van der Waals surface area contributed by atoms with Crippen LogP contribution in [-0.4, -0.2) is 29.1 Å². The summed E-state index contributed by atoms with van der Waals surface area (Å²) in [5, 5.41) is 11.7. The van der Waals surface area contributed by atoms with E-state index in [2.05, 4.69) is 5.32 Å². The fourth-order valence-electron chi connectivity index (χ4n) is 1.32. The van der Waals surface area contributed by atoms with E-state index < -0.39 is 0 Å². The monoisotopic (exact) mass is 268 g/mol. The Bertz CT molecular complexity index is 410. The lowest BCUT2D eigenvalue weighted by Gasteiger charge is -2.09. The van der Waals surface area contributed by atoms with Crippen LogP contribution in [0.1, 0.15) is 12.5 Å². The second-order valence-corrected chi connectivity index (χ2v) is 5.45. The van der Waals surface area contributed by atoms with E-state index in [-0.39, 0.29) is 18.4 Å². The number of aryl methyl sites for hydroxylation is 1. The van der Waals surface area contributed by atoms with Crippen molar-refractivity contribution in [2.24, 2.45) is 5.92 Å². The van der Waals surface area contributed by atoms with Crippen molar-refractivity contribution in [3.05, 3.63) is 23.8 Å². The first-order valence-electron chi connectivity index (χ1n) is 5.87. The number of hydrogen-bond acceptors (Lipinski definition) is 4. The molecule has 0 aromatic heterocycles. The van der Waals surface area contributed by atoms with Crippen LogP contribution in [0.15, 0.2) is 18.2 Å². The van der Waals surface area contributed by atoms with E-state index in [1.807, 2.05) is 26.0 Å². The third kappa shape index (κ3) is 4.98. The van der Waals surface area contributed by atoms with Gasteiger partial charge in [-0.3, -0.25) is 4.79 Å². The summed E-state index contributed by atoms with van der Waals surface area (Å²) < 4.78 is 0. The van der Waals surface area contributed by atoms with Crippen molar-refractivity contribution in [3.8, 4) is 0 Å². The number of amides is 1. The summed E-state index contributed by atoms with van der Waals surface area (Å²) in [6.07, 6.45) is 0. The van der Waals surface area contributed by atoms with Gasteiger partial charge < -0.3 is 16.2 Å². The molecule has 0 heterocycles. The molecule has 4 nitrogen and oxygen atoms in total. The zero-order valence-corrected chi connectivity index (χ0v) is 11.6. The van der Waals surface area contributed by atoms with Crippen LogP contribution in [-0.2, 0) is 4.79 Å². The maximum absolute atomic E-state index is 11.6. The lowest BCUT2D eigenvalue weighted by Crippen LogP contribution is -2.15. The smallest absolute Gasteiger partial charge is 0.234 e. The summed E-state index contributed by atoms with van der Waals surface area (Å²) in [6, 6.07) is 5.48. The molecule has 1 rings (SSSR count). The van der Waals surface area contributed by atoms with Gasteiger partial charge >= 0.3 is 0 Å². The molecule has 1 unspecified atom stereocenters. The fraction of sp³-hybridized carbons (Fsp3) is 0.462. The Hall–Kier alpha value is -1.20. The van der Waals surface area contributed by atoms with Gasteiger partial charge in [0.05, 0.1) is 5.75 Å². The van der Waals surface area contributed by atoms with Crippen molar-refractivity contribution in [2.45, 2.75) is 13.8 Å². The summed E-state index contributed by atoms with van der Waals surface area (Å²) in [6.45, 7) is 4.03. The van der Waals surface area contributed by atoms with Gasteiger partial charge in [0, 0.05) is 18.0 Å². The van der Waals surface area contributed by atoms with E-state index in [0.717, 1.165) is 17.0 Å². The van der Waals surface area contributed by atoms with Crippen LogP contribution < -0.4 is 11.1 Å². The number of nitrogens with two attached hydrogens (primary N) is 1. The van der Waals surface area contributed by atoms with E-state index in [9.17, 15) is 4.79 Å². The Morgan fingerprint density at radius 2 is 2.28 bits per heavy atom. The zero-order chi connectivity index (χ0) is 13.5. The second kappa shape index (κ2) is 7.28. The highest BCUT2D eigenvalue weighted by Crippen LogP contribution is 2.17. The highest BCUT2D eigenvalue weighted by atomic mass is 32.2. The van der Waals surface area contributed by atoms with Crippen molar-refractivity contribution in [1.29, 1.82) is 0 Å². The molecule has 0 spiro atoms. The van der Waals surface area contributed by atoms with Gasteiger partial charge in [-0.1, -0.05) is 13.0 Å². The Balaban J connectivity index is 2.38. The van der Waals surface area contributed by atoms with Gasteiger partial charge in [-0.05, 0) is 36.3 Å². The highest BCUT2D eigenvalue weighted by molar-refractivity contribution is 7.99. The Labute approximate surface area is 112 Å². The number of carbonyl (C=O) groups is 1. The average molecular weight is 268 g/mol. The maximum atomic E-state index is 11.6. The van der Waals surface area contributed by atoms with E-state index in [4.69, 9.17) is 10.8 Å². The van der Waals surface area contributed by atoms with Crippen molar-refractivity contribution >= 4 is 29.0 Å². The van der Waals surface area contributed by atoms with Crippen LogP contribution in [0.5, 0.6) is 0 Å². The van der Waals surface area contributed by atoms with Gasteiger partial charge in [-0.15, -0.1) is 0 Å². The number of carbonyl (C=O) groups excluding carboxylic acids is 1. The van der Waals surface area contributed by atoms with Crippen LogP contribution in [0, 0.1) is 12.8 Å². The number of hydrogen-bond donors (Lipinski definition) is 3. The Kier molecular flexibility index (Phi) is 6.01. The minimum atomic E-state index is -0.0478. The molecule has 18 heavy (non-hydrogen) atoms. The summed E-state index contributed by atoms with van der Waals surface area (Å²) >= 11 is 1.52. The van der Waals surface area contributed by atoms with Crippen LogP contribution in [0.4, 0.5) is 11.4 Å². The average Bonchev–Trinajstić information content (AvgIpc) is 2.33. The topological polar surface area (TPSA) is 75.3 Å². The summed E-state index contributed by atoms with van der Waals surface area (Å²) in [4.78, 5) is 11.6. The standard InChI is InChI=1S/C13H20N2O2S/c1-9(6-16)7-18-8-13(17)15-11-4-3-10(2)12(14)5-11/h3-5,9,16H,6-8,14H2,1-2H3,(H,15,17). The molecule has 0 saturated heterocycles. The number of benzene rings is 1. The third-order valence-electron chi connectivity index (χ3n) is 2.51. The first kappa shape index (κ1) is 14.9. The molecule has 1 aromatic carbocycles. The molecule has 5 heteroatoms. The molecule has 0 fully saturated rings. The van der Waals surface area contributed by atoms with E-state index >= 15 is 0 Å². The predicted octanol–water partition coefficient (Wildman–Crippen LogP) is 1.88. The van der Waals surface area contributed by atoms with Gasteiger partial charge in [0.15, 0.2) is 0 Å². The molecule has 1 amide bonds. The SMILES string of the molecule is Cc1ccc(NC(=O)CSCC(C)CO)cc1N. The fourth-order valence-corrected chi connectivity index (χ4v) is 2.20. The predicted molar refractivity (Wildman–Crippen MR) is 77.8 cm³/mol. The van der Waals surface area contributed by atoms with Gasteiger partial charge in [0.2, 0.25) is 5.91 Å². The molecular weight excluding hydrogens is 248 g/mol. The number of thioether (sulfide) groups is 1. The third-order valence-corrected chi connectivity index (χ3v) is 3.78. The minimum absolute atomic E-state index is 0.0478. The molecular formula is C13H20N2O2S. The van der Waals surface area contributed by atoms with Gasteiger partial charge in [-0.2, -0.15) is 11.8 Å². The van der Waals surface area contributed by atoms with Crippen molar-refractivity contribution in [1.82, 2.24) is 0 Å². The number of aliphatic hydroxyl groups excluding tert-OH is 1. The molecule has 0 aliphatic rings. The normalized spacial score (nSPS) is 12.2. The molecule has 1 atom stereocenters. The summed E-state index contributed by atoms with van der Waals surface area (Å²) in [5.41, 5.74) is 8.17. The minimum Gasteiger partial charge on any atom is -0.398 e. The van der Waals surface area contributed by atoms with Crippen LogP contribution >= 0.6 is 11.8 Å². The van der Waals surface area contributed by atoms with Crippen LogP contribution in [0.25, 0.3) is 0 Å². The first-order valence-corrected chi connectivity index (χ1v) is 7.03. The molecule has 100 valence electrons. The van der Waals surface area contributed by atoms with Crippen LogP contribution in [0.2, 0.25) is 0 Å². The molecule has 0 aliphatic heterocycles. The summed E-state index contributed by atoms with van der Waals surface area (Å²) in [7, 11) is 0. The second-order valence-electron chi connectivity index (χ2n) is 4.42. The molecule has 1 aromatic rings. The van der Waals surface area contributed by atoms with Gasteiger partial charge in [0.1, 0.15) is 0 Å². The number of nitrogen functional groups attached to an aromatic ring is 1. The highest BCUT2D eigenvalue weighted by Gasteiger charge is 2.06. The molecule has 4 N–H and O–H groups in total. The van der Waals surface area contributed by atoms with Gasteiger partial charge in [-0.25, -0.2) is 0 Å². The van der Waals surface area contributed by atoms with Crippen molar-refractivity contribution < 1.29 is 9.90 Å². The van der Waals surface area contributed by atoms with Crippen molar-refractivity contribution in [2.75, 3.05) is 29.2 Å². The number of anilines is 2. The van der Waals surface area contributed by atoms with Crippen molar-refractivity contribution in [3.63, 3.8) is 0 Å². The quantitative estimate of drug-likeness (QED) is 0.689. The number of nitrogens with one attached hydrogen (secondary N) is 1. The lowest BCUT2D eigenvalue weighted by molar-refractivity contribution is -0.113. The number of aliphatic hydroxyl groups is 1. The largest absolute Gasteiger partial charge is 0.398 e. The Morgan fingerprint density at radius 1 is 1.56 bits per heavy atom. The maximum Gasteiger partial charge on any atom is 0.234 e. The van der Waals surface area contributed by atoms with Gasteiger partial charge in [0.25, 0.3) is 0 Å².